The fourth-order valence-corrected chi connectivity index (χ4v) is 4.11. The first kappa shape index (κ1) is 20.3. The Morgan fingerprint density at radius 3 is 2.59 bits per heavy atom. The molecule has 144 valence electrons. The zero-order valence-electron chi connectivity index (χ0n) is 16.2. The van der Waals surface area contributed by atoms with Gasteiger partial charge in [0.15, 0.2) is 0 Å². The van der Waals surface area contributed by atoms with Crippen molar-refractivity contribution in [3.8, 4) is 0 Å². The molecule has 0 aliphatic carbocycles. The molecule has 0 fully saturated rings. The van der Waals surface area contributed by atoms with Crippen molar-refractivity contribution in [3.63, 3.8) is 0 Å². The van der Waals surface area contributed by atoms with Crippen molar-refractivity contribution in [2.24, 2.45) is 0 Å². The van der Waals surface area contributed by atoms with Crippen molar-refractivity contribution in [1.29, 1.82) is 0 Å². The average Bonchev–Trinajstić information content (AvgIpc) is 2.92. The van der Waals surface area contributed by atoms with E-state index in [0.717, 1.165) is 30.2 Å². The summed E-state index contributed by atoms with van der Waals surface area (Å²) in [4.78, 5) is 0. The number of halogens is 2. The molecule has 0 amide bonds. The maximum absolute atomic E-state index is 6.42. The van der Waals surface area contributed by atoms with Crippen LogP contribution in [0.15, 0.2) is 42.5 Å². The minimum absolute atomic E-state index is 0.672. The molecule has 0 aliphatic heterocycles. The minimum atomic E-state index is 0.672. The van der Waals surface area contributed by atoms with Gasteiger partial charge in [0.25, 0.3) is 0 Å². The second-order valence-electron chi connectivity index (χ2n) is 7.14. The predicted octanol–water partition coefficient (Wildman–Crippen LogP) is 6.97. The van der Waals surface area contributed by atoms with Gasteiger partial charge in [-0.05, 0) is 49.2 Å². The monoisotopic (exact) mass is 402 g/mol. The van der Waals surface area contributed by atoms with E-state index in [4.69, 9.17) is 23.2 Å². The van der Waals surface area contributed by atoms with Crippen LogP contribution in [-0.2, 0) is 13.1 Å². The van der Waals surface area contributed by atoms with Gasteiger partial charge >= 0.3 is 0 Å². The lowest BCUT2D eigenvalue weighted by molar-refractivity contribution is 0.597. The summed E-state index contributed by atoms with van der Waals surface area (Å²) in [6, 6.07) is 14.4. The summed E-state index contributed by atoms with van der Waals surface area (Å²) in [5, 5.41) is 6.34. The summed E-state index contributed by atoms with van der Waals surface area (Å²) in [6.07, 6.45) is 5.15. The van der Waals surface area contributed by atoms with Crippen molar-refractivity contribution >= 4 is 34.1 Å². The van der Waals surface area contributed by atoms with Crippen LogP contribution in [0.3, 0.4) is 0 Å². The van der Waals surface area contributed by atoms with Crippen LogP contribution in [0.5, 0.6) is 0 Å². The molecule has 0 saturated heterocycles. The fourth-order valence-electron chi connectivity index (χ4n) is 3.64. The normalized spacial score (nSPS) is 11.4. The molecule has 2 aromatic carbocycles. The van der Waals surface area contributed by atoms with E-state index in [1.165, 1.54) is 47.8 Å². The lowest BCUT2D eigenvalue weighted by Gasteiger charge is -2.11. The number of hydrogen-bond acceptors (Lipinski definition) is 1. The number of nitrogens with one attached hydrogen (secondary N) is 1. The summed E-state index contributed by atoms with van der Waals surface area (Å²) in [7, 11) is 0. The number of rotatable bonds is 9. The molecule has 0 spiro atoms. The van der Waals surface area contributed by atoms with Crippen LogP contribution < -0.4 is 5.32 Å². The Kier molecular flexibility index (Phi) is 7.23. The third-order valence-corrected chi connectivity index (χ3v) is 5.80. The van der Waals surface area contributed by atoms with E-state index in [1.54, 1.807) is 0 Å². The molecule has 0 bridgehead atoms. The molecule has 0 radical (unpaired) electrons. The van der Waals surface area contributed by atoms with Crippen LogP contribution in [-0.4, -0.2) is 11.1 Å². The summed E-state index contributed by atoms with van der Waals surface area (Å²) < 4.78 is 2.36. The van der Waals surface area contributed by atoms with Crippen molar-refractivity contribution in [2.75, 3.05) is 6.54 Å². The molecule has 0 aliphatic rings. The van der Waals surface area contributed by atoms with Gasteiger partial charge in [-0.25, -0.2) is 0 Å². The van der Waals surface area contributed by atoms with E-state index in [9.17, 15) is 0 Å². The number of fused-ring (bicyclic) bond motifs is 1. The van der Waals surface area contributed by atoms with E-state index in [0.29, 0.717) is 5.02 Å². The lowest BCUT2D eigenvalue weighted by atomic mass is 10.1. The number of aromatic nitrogens is 1. The Labute approximate surface area is 172 Å². The minimum Gasteiger partial charge on any atom is -0.340 e. The Balaban J connectivity index is 1.82. The van der Waals surface area contributed by atoms with Gasteiger partial charge in [-0.15, -0.1) is 0 Å². The molecule has 27 heavy (non-hydrogen) atoms. The summed E-state index contributed by atoms with van der Waals surface area (Å²) in [5.41, 5.74) is 5.02. The molecule has 3 rings (SSSR count). The Hall–Kier alpha value is -1.48. The zero-order valence-corrected chi connectivity index (χ0v) is 17.7. The van der Waals surface area contributed by atoms with E-state index in [2.05, 4.69) is 48.0 Å². The largest absolute Gasteiger partial charge is 0.340 e. The first-order valence-corrected chi connectivity index (χ1v) is 10.6. The smallest absolute Gasteiger partial charge is 0.0493 e. The van der Waals surface area contributed by atoms with Gasteiger partial charge in [-0.2, -0.15) is 0 Å². The quantitative estimate of drug-likeness (QED) is 0.382. The first-order chi connectivity index (χ1) is 13.1. The third kappa shape index (κ3) is 4.87. The molecule has 0 unspecified atom stereocenters. The van der Waals surface area contributed by atoms with Gasteiger partial charge in [0.1, 0.15) is 0 Å². The highest BCUT2D eigenvalue weighted by atomic mass is 35.5. The van der Waals surface area contributed by atoms with Crippen LogP contribution in [0.1, 0.15) is 49.4 Å². The van der Waals surface area contributed by atoms with E-state index < -0.39 is 0 Å². The highest BCUT2D eigenvalue weighted by Gasteiger charge is 2.14. The maximum atomic E-state index is 6.42. The standard InChI is InChI=1S/C23H28Cl2N2/c1-3-4-5-8-13-26-15-21-17(2)27(23-10-7-6-9-20(21)23)16-18-11-12-19(24)14-22(18)25/h6-7,9-12,14,26H,3-5,8,13,15-16H2,1-2H3. The molecule has 1 N–H and O–H groups in total. The van der Waals surface area contributed by atoms with Gasteiger partial charge in [0.05, 0.1) is 0 Å². The molecular weight excluding hydrogens is 375 g/mol. The number of para-hydroxylation sites is 1. The fraction of sp³-hybridized carbons (Fsp3) is 0.391. The maximum Gasteiger partial charge on any atom is 0.0493 e. The van der Waals surface area contributed by atoms with Gasteiger partial charge in [-0.3, -0.25) is 0 Å². The van der Waals surface area contributed by atoms with E-state index in [-0.39, 0.29) is 0 Å². The molecule has 1 heterocycles. The third-order valence-electron chi connectivity index (χ3n) is 5.21. The topological polar surface area (TPSA) is 17.0 Å². The molecule has 2 nitrogen and oxygen atoms in total. The van der Waals surface area contributed by atoms with E-state index in [1.807, 2.05) is 18.2 Å². The van der Waals surface area contributed by atoms with Crippen LogP contribution in [0, 0.1) is 6.92 Å². The summed E-state index contributed by atoms with van der Waals surface area (Å²) >= 11 is 12.5. The zero-order chi connectivity index (χ0) is 19.2. The number of nitrogens with zero attached hydrogens (tertiary/aromatic N) is 1. The molecular formula is C23H28Cl2N2. The van der Waals surface area contributed by atoms with Gasteiger partial charge in [0, 0.05) is 39.7 Å². The average molecular weight is 403 g/mol. The summed E-state index contributed by atoms with van der Waals surface area (Å²) in [6.45, 7) is 7.18. The molecule has 0 atom stereocenters. The Morgan fingerprint density at radius 1 is 1.00 bits per heavy atom. The highest BCUT2D eigenvalue weighted by molar-refractivity contribution is 6.35. The predicted molar refractivity (Wildman–Crippen MR) is 118 cm³/mol. The second kappa shape index (κ2) is 9.64. The Bertz CT molecular complexity index is 899. The van der Waals surface area contributed by atoms with Crippen molar-refractivity contribution in [1.82, 2.24) is 9.88 Å². The number of hydrogen-bond donors (Lipinski definition) is 1. The number of benzene rings is 2. The highest BCUT2D eigenvalue weighted by Crippen LogP contribution is 2.29. The molecule has 1 aromatic heterocycles. The molecule has 3 aromatic rings. The number of unbranched alkanes of at least 4 members (excludes halogenated alkanes) is 3. The van der Waals surface area contributed by atoms with Crippen LogP contribution in [0.2, 0.25) is 10.0 Å². The van der Waals surface area contributed by atoms with Crippen LogP contribution in [0.4, 0.5) is 0 Å². The SMILES string of the molecule is CCCCCCNCc1c(C)n(Cc2ccc(Cl)cc2Cl)c2ccccc12. The van der Waals surface area contributed by atoms with Gasteiger partial charge in [0.2, 0.25) is 0 Å². The van der Waals surface area contributed by atoms with Gasteiger partial charge in [-0.1, -0.05) is 73.7 Å². The summed E-state index contributed by atoms with van der Waals surface area (Å²) in [5.74, 6) is 0. The van der Waals surface area contributed by atoms with Gasteiger partial charge < -0.3 is 9.88 Å². The van der Waals surface area contributed by atoms with Crippen molar-refractivity contribution in [3.05, 3.63) is 69.3 Å². The first-order valence-electron chi connectivity index (χ1n) is 9.83. The molecule has 0 saturated carbocycles. The van der Waals surface area contributed by atoms with Crippen LogP contribution in [0.25, 0.3) is 10.9 Å². The molecule has 4 heteroatoms. The Morgan fingerprint density at radius 2 is 1.81 bits per heavy atom. The lowest BCUT2D eigenvalue weighted by Crippen LogP contribution is -2.15. The van der Waals surface area contributed by atoms with E-state index >= 15 is 0 Å². The van der Waals surface area contributed by atoms with Crippen LogP contribution >= 0.6 is 23.2 Å². The van der Waals surface area contributed by atoms with Crippen molar-refractivity contribution < 1.29 is 0 Å². The van der Waals surface area contributed by atoms with Crippen molar-refractivity contribution in [2.45, 2.75) is 52.6 Å². The second-order valence-corrected chi connectivity index (χ2v) is 7.98.